The minimum atomic E-state index is -0.181. The van der Waals surface area contributed by atoms with Crippen molar-refractivity contribution in [3.63, 3.8) is 0 Å². The van der Waals surface area contributed by atoms with Gasteiger partial charge in [-0.3, -0.25) is 14.2 Å². The van der Waals surface area contributed by atoms with Crippen LogP contribution in [0.25, 0.3) is 22.3 Å². The number of benzene rings is 2. The van der Waals surface area contributed by atoms with Gasteiger partial charge in [-0.25, -0.2) is 4.98 Å². The molecule has 0 radical (unpaired) electrons. The molecule has 5 nitrogen and oxygen atoms in total. The van der Waals surface area contributed by atoms with E-state index in [-0.39, 0.29) is 24.1 Å². The van der Waals surface area contributed by atoms with Gasteiger partial charge in [0, 0.05) is 11.6 Å². The number of aryl methyl sites for hydroxylation is 1. The third kappa shape index (κ3) is 3.84. The van der Waals surface area contributed by atoms with Gasteiger partial charge < -0.3 is 5.32 Å². The first-order chi connectivity index (χ1) is 13.6. The Morgan fingerprint density at radius 1 is 1.07 bits per heavy atom. The molecule has 28 heavy (non-hydrogen) atoms. The van der Waals surface area contributed by atoms with Crippen molar-refractivity contribution in [3.8, 4) is 11.4 Å². The van der Waals surface area contributed by atoms with Crippen LogP contribution >= 0.6 is 0 Å². The van der Waals surface area contributed by atoms with Crippen LogP contribution in [0.1, 0.15) is 37.7 Å². The third-order valence-electron chi connectivity index (χ3n) is 5.44. The van der Waals surface area contributed by atoms with Crippen molar-refractivity contribution in [2.45, 2.75) is 51.6 Å². The van der Waals surface area contributed by atoms with Crippen LogP contribution in [-0.4, -0.2) is 21.5 Å². The molecule has 0 spiro atoms. The van der Waals surface area contributed by atoms with Crippen molar-refractivity contribution in [3.05, 3.63) is 64.4 Å². The lowest BCUT2D eigenvalue weighted by molar-refractivity contribution is -0.122. The average Bonchev–Trinajstić information content (AvgIpc) is 2.71. The molecule has 0 atom stereocenters. The molecule has 0 aliphatic heterocycles. The van der Waals surface area contributed by atoms with Gasteiger partial charge >= 0.3 is 0 Å². The first kappa shape index (κ1) is 18.4. The lowest BCUT2D eigenvalue weighted by Crippen LogP contribution is -2.40. The monoisotopic (exact) mass is 375 g/mol. The number of fused-ring (bicyclic) bond motifs is 1. The Bertz CT molecular complexity index is 1050. The number of nitrogens with zero attached hydrogens (tertiary/aromatic N) is 2. The summed E-state index contributed by atoms with van der Waals surface area (Å²) in [5.74, 6) is 0.405. The van der Waals surface area contributed by atoms with Crippen LogP contribution in [-0.2, 0) is 11.3 Å². The Morgan fingerprint density at radius 2 is 1.79 bits per heavy atom. The van der Waals surface area contributed by atoms with Gasteiger partial charge in [0.1, 0.15) is 12.4 Å². The molecule has 1 fully saturated rings. The van der Waals surface area contributed by atoms with E-state index in [2.05, 4.69) is 5.32 Å². The summed E-state index contributed by atoms with van der Waals surface area (Å²) in [7, 11) is 0. The maximum atomic E-state index is 13.2. The fraction of sp³-hybridized carbons (Fsp3) is 0.348. The highest BCUT2D eigenvalue weighted by atomic mass is 16.2. The van der Waals surface area contributed by atoms with E-state index in [1.807, 2.05) is 49.4 Å². The summed E-state index contributed by atoms with van der Waals surface area (Å²) in [5.41, 5.74) is 2.43. The lowest BCUT2D eigenvalue weighted by Gasteiger charge is -2.23. The van der Waals surface area contributed by atoms with E-state index in [1.54, 1.807) is 6.07 Å². The Morgan fingerprint density at radius 3 is 2.54 bits per heavy atom. The number of carbonyl (C=O) groups is 1. The fourth-order valence-electron chi connectivity index (χ4n) is 3.90. The van der Waals surface area contributed by atoms with Crippen LogP contribution in [0.5, 0.6) is 0 Å². The highest BCUT2D eigenvalue weighted by molar-refractivity contribution is 5.81. The number of amides is 1. The largest absolute Gasteiger partial charge is 0.352 e. The summed E-state index contributed by atoms with van der Waals surface area (Å²) < 4.78 is 1.51. The van der Waals surface area contributed by atoms with E-state index in [1.165, 1.54) is 11.0 Å². The molecular formula is C23H25N3O2. The van der Waals surface area contributed by atoms with Crippen molar-refractivity contribution in [2.75, 3.05) is 0 Å². The van der Waals surface area contributed by atoms with Gasteiger partial charge in [-0.2, -0.15) is 0 Å². The van der Waals surface area contributed by atoms with E-state index in [9.17, 15) is 9.59 Å². The summed E-state index contributed by atoms with van der Waals surface area (Å²) in [4.78, 5) is 30.6. The first-order valence-electron chi connectivity index (χ1n) is 9.98. The molecular weight excluding hydrogens is 350 g/mol. The van der Waals surface area contributed by atoms with Crippen LogP contribution in [0.3, 0.4) is 0 Å². The van der Waals surface area contributed by atoms with Gasteiger partial charge in [0.15, 0.2) is 0 Å². The highest BCUT2D eigenvalue weighted by Gasteiger charge is 2.19. The van der Waals surface area contributed by atoms with Crippen LogP contribution in [0.2, 0.25) is 0 Å². The maximum absolute atomic E-state index is 13.2. The molecule has 0 saturated heterocycles. The molecule has 4 rings (SSSR count). The second-order valence-electron chi connectivity index (χ2n) is 7.61. The molecule has 0 bridgehead atoms. The van der Waals surface area contributed by atoms with Gasteiger partial charge in [-0.1, -0.05) is 61.2 Å². The van der Waals surface area contributed by atoms with Gasteiger partial charge in [0.2, 0.25) is 5.91 Å². The zero-order chi connectivity index (χ0) is 19.5. The maximum Gasteiger partial charge on any atom is 0.262 e. The molecule has 144 valence electrons. The van der Waals surface area contributed by atoms with Crippen LogP contribution in [0, 0.1) is 6.92 Å². The Balaban J connectivity index is 1.73. The summed E-state index contributed by atoms with van der Waals surface area (Å²) in [6.07, 6.45) is 5.56. The summed E-state index contributed by atoms with van der Waals surface area (Å²) in [6, 6.07) is 15.4. The van der Waals surface area contributed by atoms with E-state index >= 15 is 0 Å². The topological polar surface area (TPSA) is 64.0 Å². The predicted octanol–water partition coefficient (Wildman–Crippen LogP) is 3.82. The standard InChI is InChI=1S/C23H25N3O2/c1-16-11-13-17(14-12-16)22-25-20-10-6-5-9-19(20)23(28)26(22)15-21(27)24-18-7-3-2-4-8-18/h5-6,9-14,18H,2-4,7-8,15H2,1H3,(H,24,27). The third-order valence-corrected chi connectivity index (χ3v) is 5.44. The fourth-order valence-corrected chi connectivity index (χ4v) is 3.90. The van der Waals surface area contributed by atoms with E-state index < -0.39 is 0 Å². The van der Waals surface area contributed by atoms with Gasteiger partial charge in [-0.05, 0) is 31.9 Å². The average molecular weight is 375 g/mol. The zero-order valence-electron chi connectivity index (χ0n) is 16.1. The molecule has 1 heterocycles. The molecule has 1 aliphatic carbocycles. The zero-order valence-corrected chi connectivity index (χ0v) is 16.1. The smallest absolute Gasteiger partial charge is 0.262 e. The summed E-state index contributed by atoms with van der Waals surface area (Å²) >= 11 is 0. The van der Waals surface area contributed by atoms with Gasteiger partial charge in [0.25, 0.3) is 5.56 Å². The molecule has 1 amide bonds. The number of carbonyl (C=O) groups excluding carboxylic acids is 1. The number of nitrogens with one attached hydrogen (secondary N) is 1. The van der Waals surface area contributed by atoms with Gasteiger partial charge in [-0.15, -0.1) is 0 Å². The molecule has 0 unspecified atom stereocenters. The van der Waals surface area contributed by atoms with E-state index in [0.717, 1.165) is 36.8 Å². The second kappa shape index (κ2) is 7.97. The Labute approximate surface area is 164 Å². The number of aromatic nitrogens is 2. The van der Waals surface area contributed by atoms with Crippen LogP contribution in [0.15, 0.2) is 53.3 Å². The minimum absolute atomic E-state index is 0.0175. The summed E-state index contributed by atoms with van der Waals surface area (Å²) in [6.45, 7) is 2.00. The van der Waals surface area contributed by atoms with Crippen molar-refractivity contribution in [2.24, 2.45) is 0 Å². The van der Waals surface area contributed by atoms with Gasteiger partial charge in [0.05, 0.1) is 10.9 Å². The van der Waals surface area contributed by atoms with Crippen molar-refractivity contribution in [1.29, 1.82) is 0 Å². The lowest BCUT2D eigenvalue weighted by atomic mass is 9.95. The number of hydrogen-bond donors (Lipinski definition) is 1. The molecule has 1 aliphatic rings. The molecule has 1 N–H and O–H groups in total. The molecule has 2 aromatic carbocycles. The summed E-state index contributed by atoms with van der Waals surface area (Å²) in [5, 5.41) is 3.64. The number of para-hydroxylation sites is 1. The molecule has 1 saturated carbocycles. The SMILES string of the molecule is Cc1ccc(-c2nc3ccccc3c(=O)n2CC(=O)NC2CCCCC2)cc1. The minimum Gasteiger partial charge on any atom is -0.352 e. The quantitative estimate of drug-likeness (QED) is 0.754. The highest BCUT2D eigenvalue weighted by Crippen LogP contribution is 2.20. The van der Waals surface area contributed by atoms with Crippen LogP contribution < -0.4 is 10.9 Å². The normalized spacial score (nSPS) is 14.9. The number of hydrogen-bond acceptors (Lipinski definition) is 3. The van der Waals surface area contributed by atoms with Crippen LogP contribution in [0.4, 0.5) is 0 Å². The van der Waals surface area contributed by atoms with E-state index in [4.69, 9.17) is 4.98 Å². The predicted molar refractivity (Wildman–Crippen MR) is 111 cm³/mol. The molecule has 5 heteroatoms. The van der Waals surface area contributed by atoms with Crippen molar-refractivity contribution in [1.82, 2.24) is 14.9 Å². The Hall–Kier alpha value is -2.95. The van der Waals surface area contributed by atoms with Crippen molar-refractivity contribution >= 4 is 16.8 Å². The second-order valence-corrected chi connectivity index (χ2v) is 7.61. The molecule has 3 aromatic rings. The molecule has 1 aromatic heterocycles. The first-order valence-corrected chi connectivity index (χ1v) is 9.98. The number of rotatable bonds is 4. The Kier molecular flexibility index (Phi) is 5.24. The van der Waals surface area contributed by atoms with Crippen molar-refractivity contribution < 1.29 is 4.79 Å². The van der Waals surface area contributed by atoms with E-state index in [0.29, 0.717) is 16.7 Å².